The molecule has 0 unspecified atom stereocenters. The molecule has 1 aromatic heterocycles. The number of aromatic hydroxyl groups is 1. The molecule has 5 rings (SSSR count). The number of halogens is 2. The molecule has 1 aliphatic heterocycles. The van der Waals surface area contributed by atoms with E-state index in [1.54, 1.807) is 12.1 Å². The first-order chi connectivity index (χ1) is 15.6. The molecule has 3 aliphatic rings. The second-order valence-electron chi connectivity index (χ2n) is 8.04. The van der Waals surface area contributed by atoms with E-state index in [9.17, 15) is 24.3 Å². The number of allylic oxidation sites excluding steroid dienone is 6. The number of phenolic OH excluding ortho intramolecular Hbond substituents is 1. The number of fused-ring (bicyclic) bond motifs is 3. The molecule has 11 heteroatoms. The standard InChI is InChI=1S/C22H17BrClN3O6/c1-25-21(31)26-4-3-10-14(27(26)22(25)32)7-11-18(15(28)8-12(23)19(11)29)17(10)9-5-13(24)20(30)16(6-9)33-2/h3,5-6,8,14,17,30H,4,7H2,1-2H3/t14-,17+/m1/s1. The van der Waals surface area contributed by atoms with E-state index in [4.69, 9.17) is 16.3 Å². The normalized spacial score (nSPS) is 21.8. The minimum Gasteiger partial charge on any atom is -0.503 e. The van der Waals surface area contributed by atoms with Crippen LogP contribution >= 0.6 is 27.5 Å². The summed E-state index contributed by atoms with van der Waals surface area (Å²) in [5, 5.41) is 10.2. The van der Waals surface area contributed by atoms with E-state index >= 15 is 0 Å². The van der Waals surface area contributed by atoms with Crippen LogP contribution in [0.3, 0.4) is 0 Å². The maximum Gasteiger partial charge on any atom is 0.347 e. The molecule has 170 valence electrons. The van der Waals surface area contributed by atoms with Crippen molar-refractivity contribution in [2.24, 2.45) is 7.05 Å². The minimum absolute atomic E-state index is 0.0186. The number of ether oxygens (including phenoxy) is 1. The monoisotopic (exact) mass is 533 g/mol. The summed E-state index contributed by atoms with van der Waals surface area (Å²) in [7, 11) is 2.77. The molecule has 2 aliphatic carbocycles. The molecular formula is C22H17BrClN3O6. The van der Waals surface area contributed by atoms with Crippen molar-refractivity contribution in [3.8, 4) is 11.5 Å². The van der Waals surface area contributed by atoms with Crippen LogP contribution in [0.5, 0.6) is 11.5 Å². The molecule has 1 N–H and O–H groups in total. The van der Waals surface area contributed by atoms with Crippen LogP contribution in [0.2, 0.25) is 5.02 Å². The molecule has 0 spiro atoms. The average Bonchev–Trinajstić information content (AvgIpc) is 3.02. The zero-order chi connectivity index (χ0) is 23.8. The summed E-state index contributed by atoms with van der Waals surface area (Å²) >= 11 is 9.41. The summed E-state index contributed by atoms with van der Waals surface area (Å²) in [6.45, 7) is 0.129. The minimum atomic E-state index is -0.727. The highest BCUT2D eigenvalue weighted by Gasteiger charge is 2.45. The first kappa shape index (κ1) is 21.7. The lowest BCUT2D eigenvalue weighted by molar-refractivity contribution is -0.115. The predicted octanol–water partition coefficient (Wildman–Crippen LogP) is 2.11. The van der Waals surface area contributed by atoms with Crippen LogP contribution in [0.25, 0.3) is 0 Å². The van der Waals surface area contributed by atoms with Crippen LogP contribution in [0, 0.1) is 0 Å². The highest BCUT2D eigenvalue weighted by Crippen LogP contribution is 2.51. The summed E-state index contributed by atoms with van der Waals surface area (Å²) in [5.74, 6) is -1.56. The first-order valence-corrected chi connectivity index (χ1v) is 11.2. The lowest BCUT2D eigenvalue weighted by atomic mass is 9.69. The van der Waals surface area contributed by atoms with Gasteiger partial charge >= 0.3 is 11.4 Å². The number of methoxy groups -OCH3 is 1. The lowest BCUT2D eigenvalue weighted by Crippen LogP contribution is -2.40. The number of hydrogen-bond donors (Lipinski definition) is 1. The van der Waals surface area contributed by atoms with Crippen LogP contribution in [0.1, 0.15) is 23.9 Å². The summed E-state index contributed by atoms with van der Waals surface area (Å²) < 4.78 is 9.06. The van der Waals surface area contributed by atoms with E-state index in [0.717, 1.165) is 4.57 Å². The summed E-state index contributed by atoms with van der Waals surface area (Å²) in [5.41, 5.74) is 0.788. The third kappa shape index (κ3) is 2.97. The maximum atomic E-state index is 13.1. The smallest absolute Gasteiger partial charge is 0.347 e. The molecule has 2 heterocycles. The Bertz CT molecular complexity index is 1490. The Morgan fingerprint density at radius 3 is 2.61 bits per heavy atom. The molecule has 2 aromatic rings. The molecule has 1 aromatic carbocycles. The topological polar surface area (TPSA) is 113 Å². The van der Waals surface area contributed by atoms with Crippen molar-refractivity contribution in [1.82, 2.24) is 13.9 Å². The Hall–Kier alpha value is -3.11. The van der Waals surface area contributed by atoms with E-state index in [1.165, 1.54) is 35.7 Å². The Kier molecular flexibility index (Phi) is 4.91. The predicted molar refractivity (Wildman–Crippen MR) is 122 cm³/mol. The van der Waals surface area contributed by atoms with Gasteiger partial charge in [-0.05, 0) is 39.2 Å². The van der Waals surface area contributed by atoms with Gasteiger partial charge in [-0.1, -0.05) is 17.7 Å². The molecule has 0 radical (unpaired) electrons. The van der Waals surface area contributed by atoms with Crippen molar-refractivity contribution in [3.05, 3.63) is 77.0 Å². The van der Waals surface area contributed by atoms with Gasteiger partial charge in [0.1, 0.15) is 0 Å². The lowest BCUT2D eigenvalue weighted by Gasteiger charge is -2.39. The van der Waals surface area contributed by atoms with Crippen molar-refractivity contribution in [2.75, 3.05) is 7.11 Å². The highest BCUT2D eigenvalue weighted by atomic mass is 79.9. The van der Waals surface area contributed by atoms with Crippen molar-refractivity contribution in [1.29, 1.82) is 0 Å². The Morgan fingerprint density at radius 2 is 1.91 bits per heavy atom. The number of rotatable bonds is 2. The van der Waals surface area contributed by atoms with E-state index in [2.05, 4.69) is 15.9 Å². The second-order valence-corrected chi connectivity index (χ2v) is 9.30. The number of carbonyl (C=O) groups is 2. The quantitative estimate of drug-likeness (QED) is 0.467. The second kappa shape index (κ2) is 7.46. The number of aromatic nitrogens is 3. The molecule has 2 atom stereocenters. The van der Waals surface area contributed by atoms with Crippen LogP contribution < -0.4 is 16.1 Å². The van der Waals surface area contributed by atoms with Gasteiger partial charge in [-0.2, -0.15) is 0 Å². The maximum absolute atomic E-state index is 13.1. The molecule has 9 nitrogen and oxygen atoms in total. The van der Waals surface area contributed by atoms with Gasteiger partial charge in [0, 0.05) is 36.6 Å². The van der Waals surface area contributed by atoms with Crippen LogP contribution in [-0.4, -0.2) is 37.7 Å². The number of ketones is 2. The van der Waals surface area contributed by atoms with Gasteiger partial charge < -0.3 is 9.84 Å². The Labute approximate surface area is 199 Å². The van der Waals surface area contributed by atoms with Gasteiger partial charge in [0.15, 0.2) is 23.1 Å². The van der Waals surface area contributed by atoms with E-state index < -0.39 is 23.3 Å². The molecule has 0 amide bonds. The number of hydrogen-bond acceptors (Lipinski definition) is 6. The van der Waals surface area contributed by atoms with Gasteiger partial charge in [0.05, 0.1) is 29.2 Å². The molecule has 0 saturated heterocycles. The van der Waals surface area contributed by atoms with Crippen LogP contribution in [-0.2, 0) is 23.2 Å². The van der Waals surface area contributed by atoms with E-state index in [0.29, 0.717) is 11.1 Å². The average molecular weight is 535 g/mol. The van der Waals surface area contributed by atoms with Crippen molar-refractivity contribution < 1.29 is 19.4 Å². The summed E-state index contributed by atoms with van der Waals surface area (Å²) in [4.78, 5) is 51.7. The highest BCUT2D eigenvalue weighted by molar-refractivity contribution is 9.12. The van der Waals surface area contributed by atoms with Crippen LogP contribution in [0.15, 0.2) is 55.1 Å². The number of Topliss-reactive ketones (excluding diaryl/α,β-unsaturated/α-hetero) is 1. The number of carbonyl (C=O) groups excluding carboxylic acids is 2. The van der Waals surface area contributed by atoms with Crippen LogP contribution in [0.4, 0.5) is 0 Å². The van der Waals surface area contributed by atoms with Gasteiger partial charge in [-0.3, -0.25) is 9.59 Å². The third-order valence-corrected chi connectivity index (χ3v) is 7.27. The molecule has 0 bridgehead atoms. The Morgan fingerprint density at radius 1 is 1.18 bits per heavy atom. The fraction of sp³-hybridized carbons (Fsp3) is 0.273. The zero-order valence-electron chi connectivity index (χ0n) is 17.5. The van der Waals surface area contributed by atoms with E-state index in [-0.39, 0.29) is 56.7 Å². The van der Waals surface area contributed by atoms with E-state index in [1.807, 2.05) is 0 Å². The molecule has 0 saturated carbocycles. The molecule has 0 fully saturated rings. The fourth-order valence-corrected chi connectivity index (χ4v) is 5.55. The zero-order valence-corrected chi connectivity index (χ0v) is 19.8. The summed E-state index contributed by atoms with van der Waals surface area (Å²) in [6.07, 6.45) is 3.12. The van der Waals surface area contributed by atoms with Crippen molar-refractivity contribution >= 4 is 39.1 Å². The van der Waals surface area contributed by atoms with Gasteiger partial charge in [0.2, 0.25) is 0 Å². The number of nitrogens with zero attached hydrogens (tertiary/aromatic N) is 3. The van der Waals surface area contributed by atoms with Crippen molar-refractivity contribution in [3.63, 3.8) is 0 Å². The number of benzene rings is 1. The largest absolute Gasteiger partial charge is 0.503 e. The SMILES string of the molecule is COc1cc([C@H]2C3=CCn4c(=O)n(C)c(=O)n4[C@@H]3CC3=C2C(=O)C=C(Br)C3=O)cc(Cl)c1O. The number of phenols is 1. The van der Waals surface area contributed by atoms with Gasteiger partial charge in [0.25, 0.3) is 0 Å². The van der Waals surface area contributed by atoms with Gasteiger partial charge in [-0.25, -0.2) is 23.5 Å². The third-order valence-electron chi connectivity index (χ3n) is 6.39. The molecular weight excluding hydrogens is 518 g/mol. The first-order valence-electron chi connectivity index (χ1n) is 9.99. The summed E-state index contributed by atoms with van der Waals surface area (Å²) in [6, 6.07) is 2.41. The fourth-order valence-electron chi connectivity index (χ4n) is 4.88. The van der Waals surface area contributed by atoms with Gasteiger partial charge in [-0.15, -0.1) is 0 Å². The Balaban J connectivity index is 1.81. The molecule has 33 heavy (non-hydrogen) atoms. The van der Waals surface area contributed by atoms with Crippen molar-refractivity contribution in [2.45, 2.75) is 24.9 Å².